The van der Waals surface area contributed by atoms with E-state index in [1.54, 1.807) is 36.4 Å². The molecule has 0 aliphatic rings. The first-order valence-corrected chi connectivity index (χ1v) is 7.31. The predicted molar refractivity (Wildman–Crippen MR) is 86.3 cm³/mol. The second-order valence-electron chi connectivity index (χ2n) is 4.86. The molecule has 23 heavy (non-hydrogen) atoms. The Morgan fingerprint density at radius 3 is 2.43 bits per heavy atom. The summed E-state index contributed by atoms with van der Waals surface area (Å²) in [6, 6.07) is 13.8. The van der Waals surface area contributed by atoms with Crippen LogP contribution in [0.25, 0.3) is 0 Å². The fourth-order valence-electron chi connectivity index (χ4n) is 1.78. The van der Waals surface area contributed by atoms with Crippen molar-refractivity contribution in [2.45, 2.75) is 19.6 Å². The minimum absolute atomic E-state index is 0.231. The van der Waals surface area contributed by atoms with Gasteiger partial charge in [-0.05, 0) is 36.8 Å². The number of nitrogens with two attached hydrogens (primary N) is 1. The summed E-state index contributed by atoms with van der Waals surface area (Å²) in [6.07, 6.45) is -1.01. The number of esters is 1. The summed E-state index contributed by atoms with van der Waals surface area (Å²) < 4.78 is 10.7. The van der Waals surface area contributed by atoms with Crippen molar-refractivity contribution in [3.05, 3.63) is 64.7 Å². The van der Waals surface area contributed by atoms with E-state index in [0.29, 0.717) is 10.8 Å². The molecule has 2 aromatic carbocycles. The van der Waals surface area contributed by atoms with E-state index >= 15 is 0 Å². The van der Waals surface area contributed by atoms with Crippen LogP contribution in [0.5, 0.6) is 5.75 Å². The molecule has 2 N–H and O–H groups in total. The SMILES string of the molecule is C[C@@H](OC(=O)c1ccccc1OCc1ccc(Cl)cc1)C(N)=O. The quantitative estimate of drug-likeness (QED) is 0.824. The lowest BCUT2D eigenvalue weighted by atomic mass is 10.2. The van der Waals surface area contributed by atoms with Gasteiger partial charge < -0.3 is 15.2 Å². The lowest BCUT2D eigenvalue weighted by Gasteiger charge is -2.13. The Kier molecular flexibility index (Phi) is 5.60. The number of hydrogen-bond donors (Lipinski definition) is 1. The summed E-state index contributed by atoms with van der Waals surface area (Å²) in [6.45, 7) is 1.68. The van der Waals surface area contributed by atoms with E-state index in [1.165, 1.54) is 6.92 Å². The maximum Gasteiger partial charge on any atom is 0.342 e. The Morgan fingerprint density at radius 1 is 1.13 bits per heavy atom. The summed E-state index contributed by atoms with van der Waals surface area (Å²) in [4.78, 5) is 23.1. The minimum atomic E-state index is -1.01. The second kappa shape index (κ2) is 7.65. The van der Waals surface area contributed by atoms with Gasteiger partial charge in [-0.3, -0.25) is 4.79 Å². The number of primary amides is 1. The maximum absolute atomic E-state index is 12.1. The number of benzene rings is 2. The van der Waals surface area contributed by atoms with Crippen LogP contribution in [-0.2, 0) is 16.1 Å². The van der Waals surface area contributed by atoms with Gasteiger partial charge in [0.25, 0.3) is 5.91 Å². The number of para-hydroxylation sites is 1. The van der Waals surface area contributed by atoms with Crippen molar-refractivity contribution >= 4 is 23.5 Å². The van der Waals surface area contributed by atoms with E-state index < -0.39 is 18.0 Å². The summed E-state index contributed by atoms with van der Waals surface area (Å²) in [5.41, 5.74) is 6.23. The number of ether oxygens (including phenoxy) is 2. The molecule has 0 aromatic heterocycles. The monoisotopic (exact) mass is 333 g/mol. The van der Waals surface area contributed by atoms with Crippen LogP contribution >= 0.6 is 11.6 Å². The predicted octanol–water partition coefficient (Wildman–Crippen LogP) is 2.95. The number of amides is 1. The van der Waals surface area contributed by atoms with Crippen LogP contribution in [0.15, 0.2) is 48.5 Å². The topological polar surface area (TPSA) is 78.6 Å². The van der Waals surface area contributed by atoms with Crippen LogP contribution in [-0.4, -0.2) is 18.0 Å². The fraction of sp³-hybridized carbons (Fsp3) is 0.176. The van der Waals surface area contributed by atoms with Crippen LogP contribution in [0.2, 0.25) is 5.02 Å². The first-order chi connectivity index (χ1) is 11.0. The van der Waals surface area contributed by atoms with Gasteiger partial charge in [0.1, 0.15) is 17.9 Å². The molecule has 0 saturated heterocycles. The van der Waals surface area contributed by atoms with Crippen molar-refractivity contribution in [2.24, 2.45) is 5.73 Å². The Bertz CT molecular complexity index is 700. The van der Waals surface area contributed by atoms with Crippen molar-refractivity contribution in [2.75, 3.05) is 0 Å². The highest BCUT2D eigenvalue weighted by molar-refractivity contribution is 6.30. The van der Waals surface area contributed by atoms with Crippen molar-refractivity contribution in [1.82, 2.24) is 0 Å². The van der Waals surface area contributed by atoms with Crippen molar-refractivity contribution < 1.29 is 19.1 Å². The van der Waals surface area contributed by atoms with Gasteiger partial charge in [-0.1, -0.05) is 35.9 Å². The molecule has 0 unspecified atom stereocenters. The average Bonchev–Trinajstić information content (AvgIpc) is 2.54. The van der Waals surface area contributed by atoms with Crippen LogP contribution in [0.4, 0.5) is 0 Å². The van der Waals surface area contributed by atoms with Gasteiger partial charge in [-0.15, -0.1) is 0 Å². The van der Waals surface area contributed by atoms with E-state index in [1.807, 2.05) is 12.1 Å². The summed E-state index contributed by atoms with van der Waals surface area (Å²) >= 11 is 5.83. The van der Waals surface area contributed by atoms with Gasteiger partial charge >= 0.3 is 5.97 Å². The molecule has 2 aromatic rings. The van der Waals surface area contributed by atoms with E-state index in [4.69, 9.17) is 26.8 Å². The molecular weight excluding hydrogens is 318 g/mol. The number of hydrogen-bond acceptors (Lipinski definition) is 4. The molecule has 120 valence electrons. The van der Waals surface area contributed by atoms with E-state index in [-0.39, 0.29) is 12.2 Å². The van der Waals surface area contributed by atoms with Crippen LogP contribution in [0, 0.1) is 0 Å². The zero-order chi connectivity index (χ0) is 16.8. The lowest BCUT2D eigenvalue weighted by molar-refractivity contribution is -0.125. The largest absolute Gasteiger partial charge is 0.488 e. The number of rotatable bonds is 6. The van der Waals surface area contributed by atoms with Gasteiger partial charge in [0.2, 0.25) is 0 Å². The molecule has 6 heteroatoms. The van der Waals surface area contributed by atoms with Crippen LogP contribution in [0.1, 0.15) is 22.8 Å². The van der Waals surface area contributed by atoms with Gasteiger partial charge in [-0.25, -0.2) is 4.79 Å². The highest BCUT2D eigenvalue weighted by atomic mass is 35.5. The molecule has 0 heterocycles. The lowest BCUT2D eigenvalue weighted by Crippen LogP contribution is -2.30. The Balaban J connectivity index is 2.09. The van der Waals surface area contributed by atoms with E-state index in [9.17, 15) is 9.59 Å². The van der Waals surface area contributed by atoms with Gasteiger partial charge in [-0.2, -0.15) is 0 Å². The summed E-state index contributed by atoms with van der Waals surface area (Å²) in [7, 11) is 0. The first-order valence-electron chi connectivity index (χ1n) is 6.94. The molecule has 0 spiro atoms. The number of halogens is 1. The molecule has 0 bridgehead atoms. The van der Waals surface area contributed by atoms with Crippen LogP contribution in [0.3, 0.4) is 0 Å². The highest BCUT2D eigenvalue weighted by Crippen LogP contribution is 2.21. The van der Waals surface area contributed by atoms with E-state index in [2.05, 4.69) is 0 Å². The van der Waals surface area contributed by atoms with Gasteiger partial charge in [0, 0.05) is 5.02 Å². The Morgan fingerprint density at radius 2 is 1.78 bits per heavy atom. The standard InChI is InChI=1S/C17H16ClNO4/c1-11(16(19)20)23-17(21)14-4-2-3-5-15(14)22-10-12-6-8-13(18)9-7-12/h2-9,11H,10H2,1H3,(H2,19,20)/t11-/m1/s1. The number of carbonyl (C=O) groups is 2. The summed E-state index contributed by atoms with van der Waals surface area (Å²) in [5, 5.41) is 0.637. The molecule has 0 aliphatic heterocycles. The Labute approximate surface area is 139 Å². The molecule has 0 radical (unpaired) electrons. The molecule has 0 aliphatic carbocycles. The molecule has 0 saturated carbocycles. The molecular formula is C17H16ClNO4. The third-order valence-corrected chi connectivity index (χ3v) is 3.35. The molecule has 2 rings (SSSR count). The normalized spacial score (nSPS) is 11.6. The third kappa shape index (κ3) is 4.72. The highest BCUT2D eigenvalue weighted by Gasteiger charge is 2.19. The maximum atomic E-state index is 12.1. The smallest absolute Gasteiger partial charge is 0.342 e. The minimum Gasteiger partial charge on any atom is -0.488 e. The van der Waals surface area contributed by atoms with Crippen molar-refractivity contribution in [1.29, 1.82) is 0 Å². The fourth-order valence-corrected chi connectivity index (χ4v) is 1.91. The zero-order valence-corrected chi connectivity index (χ0v) is 13.2. The molecule has 5 nitrogen and oxygen atoms in total. The Hall–Kier alpha value is -2.53. The average molecular weight is 334 g/mol. The zero-order valence-electron chi connectivity index (χ0n) is 12.5. The summed E-state index contributed by atoms with van der Waals surface area (Å²) in [5.74, 6) is -1.01. The molecule has 1 atom stereocenters. The van der Waals surface area contributed by atoms with Crippen molar-refractivity contribution in [3.63, 3.8) is 0 Å². The van der Waals surface area contributed by atoms with E-state index in [0.717, 1.165) is 5.56 Å². The second-order valence-corrected chi connectivity index (χ2v) is 5.30. The van der Waals surface area contributed by atoms with Crippen LogP contribution < -0.4 is 10.5 Å². The van der Waals surface area contributed by atoms with Gasteiger partial charge in [0.15, 0.2) is 6.10 Å². The van der Waals surface area contributed by atoms with Gasteiger partial charge in [0.05, 0.1) is 0 Å². The third-order valence-electron chi connectivity index (χ3n) is 3.10. The molecule has 1 amide bonds. The molecule has 0 fully saturated rings. The van der Waals surface area contributed by atoms with Crippen molar-refractivity contribution in [3.8, 4) is 5.75 Å². The first kappa shape index (κ1) is 16.8. The number of carbonyl (C=O) groups excluding carboxylic acids is 2.